The van der Waals surface area contributed by atoms with E-state index in [0.717, 1.165) is 67.0 Å². The van der Waals surface area contributed by atoms with Crippen LogP contribution in [0.4, 0.5) is 18.4 Å². The zero-order valence-corrected chi connectivity index (χ0v) is 46.2. The van der Waals surface area contributed by atoms with Crippen molar-refractivity contribution in [1.82, 2.24) is 9.80 Å². The fourth-order valence-corrected chi connectivity index (χ4v) is 9.49. The van der Waals surface area contributed by atoms with Gasteiger partial charge < -0.3 is 33.1 Å². The van der Waals surface area contributed by atoms with Gasteiger partial charge in [-0.25, -0.2) is 18.4 Å². The number of halogens is 3. The van der Waals surface area contributed by atoms with E-state index in [1.807, 2.05) is 47.6 Å². The predicted molar refractivity (Wildman–Crippen MR) is 266 cm³/mol. The molecular weight excluding hydrogens is 931 g/mol. The van der Waals surface area contributed by atoms with E-state index >= 15 is 0 Å². The van der Waals surface area contributed by atoms with Crippen LogP contribution >= 0.6 is 15.9 Å². The summed E-state index contributed by atoms with van der Waals surface area (Å²) in [4.78, 5) is 38.0. The van der Waals surface area contributed by atoms with E-state index < -0.39 is 46.1 Å². The van der Waals surface area contributed by atoms with Crippen molar-refractivity contribution in [3.63, 3.8) is 0 Å². The number of hydrogen-bond acceptors (Lipinski definition) is 8. The summed E-state index contributed by atoms with van der Waals surface area (Å²) in [6.07, 6.45) is 5.47. The van der Waals surface area contributed by atoms with Crippen LogP contribution in [0.15, 0.2) is 40.9 Å². The molecule has 1 unspecified atom stereocenters. The number of carbonyl (C=O) groups excluding carboxylic acids is 3. The van der Waals surface area contributed by atoms with Gasteiger partial charge in [0.25, 0.3) is 0 Å². The van der Waals surface area contributed by atoms with Crippen LogP contribution in [0.5, 0.6) is 0 Å². The number of aliphatic hydroxyl groups is 1. The molecule has 2 aliphatic heterocycles. The van der Waals surface area contributed by atoms with Gasteiger partial charge >= 0.3 is 12.2 Å². The molecule has 2 amide bonds. The lowest BCUT2D eigenvalue weighted by molar-refractivity contribution is -0.111. The second-order valence-electron chi connectivity index (χ2n) is 22.4. The molecule has 10 nitrogen and oxygen atoms in total. The van der Waals surface area contributed by atoms with Crippen molar-refractivity contribution < 1.29 is 46.6 Å². The Kier molecular flexibility index (Phi) is 22.1. The standard InChI is InChI=1S/C25H42FNO4Si.C15H24BrFOSi.C10H17NO3/c1-24(2,3)31-23(29)27-15-9-12-21(27)22(28)20-17-19(26)14-13-18(20)11-10-16-30-32(7,8)25(4,5)6;1-15(2,3)19(4,5)18-10-6-7-12-8-9-13(17)11-14(12)16;1-10(2,3)14-9(13)11-6-4-5-8(11)7-12/h13-14,17,21-22,28H,9-12,15-16H2,1-8H3;8-9,11H,6-7,10H2,1-5H3;7-8H,4-6H2,1-3H3/t21-,22?;;8-/m0.0/s1. The minimum Gasteiger partial charge on any atom is -0.444 e. The number of hydrogen-bond donors (Lipinski definition) is 1. The van der Waals surface area contributed by atoms with E-state index in [4.69, 9.17) is 18.3 Å². The Hall–Kier alpha value is -2.70. The molecule has 2 aromatic carbocycles. The topological polar surface area (TPSA) is 115 Å². The van der Waals surface area contributed by atoms with Gasteiger partial charge in [0.1, 0.15) is 29.1 Å². The highest BCUT2D eigenvalue weighted by Crippen LogP contribution is 2.38. The molecule has 0 radical (unpaired) electrons. The fourth-order valence-electron chi connectivity index (χ4n) is 6.76. The number of carbonyl (C=O) groups is 3. The quantitative estimate of drug-likeness (QED) is 0.120. The summed E-state index contributed by atoms with van der Waals surface area (Å²) in [6.45, 7) is 35.8. The lowest BCUT2D eigenvalue weighted by Gasteiger charge is -2.36. The number of ether oxygens (including phenoxy) is 2. The number of rotatable bonds is 13. The Bertz CT molecular complexity index is 1840. The molecule has 1 N–H and O–H groups in total. The van der Waals surface area contributed by atoms with E-state index in [2.05, 4.69) is 83.7 Å². The molecule has 0 aliphatic carbocycles. The highest BCUT2D eigenvalue weighted by atomic mass is 79.9. The van der Waals surface area contributed by atoms with Crippen LogP contribution in [0.3, 0.4) is 0 Å². The van der Waals surface area contributed by atoms with Crippen molar-refractivity contribution in [3.05, 3.63) is 69.2 Å². The molecule has 3 atom stereocenters. The molecule has 0 spiro atoms. The van der Waals surface area contributed by atoms with Gasteiger partial charge in [-0.2, -0.15) is 0 Å². The van der Waals surface area contributed by atoms with Crippen molar-refractivity contribution in [2.24, 2.45) is 0 Å². The van der Waals surface area contributed by atoms with Gasteiger partial charge in [-0.15, -0.1) is 0 Å². The molecule has 4 rings (SSSR count). The monoisotopic (exact) mass is 1010 g/mol. The maximum Gasteiger partial charge on any atom is 0.410 e. The Labute approximate surface area is 401 Å². The molecule has 0 saturated carbocycles. The highest BCUT2D eigenvalue weighted by molar-refractivity contribution is 9.10. The van der Waals surface area contributed by atoms with Crippen LogP contribution in [0.1, 0.15) is 144 Å². The van der Waals surface area contributed by atoms with Gasteiger partial charge in [-0.3, -0.25) is 4.90 Å². The smallest absolute Gasteiger partial charge is 0.410 e. The summed E-state index contributed by atoms with van der Waals surface area (Å²) in [5.41, 5.74) is 1.49. The Morgan fingerprint density at radius 1 is 0.723 bits per heavy atom. The molecule has 2 aliphatic rings. The third-order valence-electron chi connectivity index (χ3n) is 12.5. The summed E-state index contributed by atoms with van der Waals surface area (Å²) in [5.74, 6) is -0.588. The molecule has 0 bridgehead atoms. The molecule has 15 heteroatoms. The minimum absolute atomic E-state index is 0.151. The molecule has 65 heavy (non-hydrogen) atoms. The van der Waals surface area contributed by atoms with Gasteiger partial charge in [-0.1, -0.05) is 69.6 Å². The van der Waals surface area contributed by atoms with Crippen LogP contribution in [0, 0.1) is 11.6 Å². The largest absolute Gasteiger partial charge is 0.444 e. The first-order chi connectivity index (χ1) is 29.7. The molecule has 0 aromatic heterocycles. The number of amides is 2. The summed E-state index contributed by atoms with van der Waals surface area (Å²) in [7, 11) is -3.45. The van der Waals surface area contributed by atoms with Gasteiger partial charge in [-0.05, 0) is 170 Å². The number of likely N-dealkylation sites (tertiary alicyclic amines) is 2. The van der Waals surface area contributed by atoms with E-state index in [1.165, 1.54) is 29.2 Å². The number of benzene rings is 2. The van der Waals surface area contributed by atoms with E-state index in [9.17, 15) is 28.3 Å². The number of aryl methyl sites for hydroxylation is 2. The first kappa shape index (κ1) is 58.4. The molecule has 2 fully saturated rings. The Morgan fingerprint density at radius 2 is 1.15 bits per heavy atom. The van der Waals surface area contributed by atoms with Crippen molar-refractivity contribution in [2.45, 2.75) is 200 Å². The fraction of sp³-hybridized carbons (Fsp3) is 0.700. The normalized spacial score (nSPS) is 17.7. The van der Waals surface area contributed by atoms with E-state index in [1.54, 1.807) is 11.0 Å². The number of aldehydes is 1. The van der Waals surface area contributed by atoms with Crippen molar-refractivity contribution in [1.29, 1.82) is 0 Å². The summed E-state index contributed by atoms with van der Waals surface area (Å²) < 4.78 is 51.0. The maximum atomic E-state index is 14.1. The molecule has 370 valence electrons. The maximum absolute atomic E-state index is 14.1. The molecular formula is C50H83BrF2N2O8Si2. The number of aliphatic hydroxyl groups excluding tert-OH is 1. The predicted octanol–water partition coefficient (Wildman–Crippen LogP) is 13.3. The van der Waals surface area contributed by atoms with Crippen LogP contribution in [-0.2, 0) is 36.0 Å². The Morgan fingerprint density at radius 3 is 1.62 bits per heavy atom. The Balaban J connectivity index is 0.000000371. The highest BCUT2D eigenvalue weighted by Gasteiger charge is 2.40. The van der Waals surface area contributed by atoms with E-state index in [0.29, 0.717) is 38.1 Å². The van der Waals surface area contributed by atoms with Crippen molar-refractivity contribution in [2.75, 3.05) is 26.3 Å². The lowest BCUT2D eigenvalue weighted by atomic mass is 9.93. The average molecular weight is 1010 g/mol. The van der Waals surface area contributed by atoms with Crippen LogP contribution in [0.2, 0.25) is 36.3 Å². The molecule has 2 heterocycles. The molecule has 2 saturated heterocycles. The summed E-state index contributed by atoms with van der Waals surface area (Å²) in [5, 5.41) is 11.6. The van der Waals surface area contributed by atoms with Crippen molar-refractivity contribution in [3.8, 4) is 0 Å². The summed E-state index contributed by atoms with van der Waals surface area (Å²) >= 11 is 3.40. The van der Waals surface area contributed by atoms with Gasteiger partial charge in [0.2, 0.25) is 0 Å². The van der Waals surface area contributed by atoms with E-state index in [-0.39, 0.29) is 33.8 Å². The zero-order valence-electron chi connectivity index (χ0n) is 42.6. The number of nitrogens with zero attached hydrogens (tertiary/aromatic N) is 2. The van der Waals surface area contributed by atoms with Gasteiger partial charge in [0.15, 0.2) is 16.6 Å². The summed E-state index contributed by atoms with van der Waals surface area (Å²) in [6, 6.07) is 8.73. The first-order valence-corrected chi connectivity index (χ1v) is 29.9. The second kappa shape index (κ2) is 24.5. The molecule has 2 aromatic rings. The average Bonchev–Trinajstić information content (AvgIpc) is 3.85. The van der Waals surface area contributed by atoms with Crippen LogP contribution < -0.4 is 0 Å². The van der Waals surface area contributed by atoms with Crippen molar-refractivity contribution >= 4 is 51.0 Å². The minimum atomic E-state index is -1.82. The third kappa shape index (κ3) is 19.4. The third-order valence-corrected chi connectivity index (χ3v) is 22.4. The van der Waals surface area contributed by atoms with Crippen LogP contribution in [0.25, 0.3) is 0 Å². The zero-order chi connectivity index (χ0) is 49.8. The van der Waals surface area contributed by atoms with Crippen LogP contribution in [-0.4, -0.2) is 99.6 Å². The SMILES string of the molecule is CC(C)(C)OC(=O)N1CCC[C@H]1C(O)c1cc(F)ccc1CCCO[Si](C)(C)C(C)(C)C.CC(C)(C)OC(=O)N1CCC[C@H]1C=O.CC(C)(C)[Si](C)(C)OCCCc1ccc(F)cc1Br. The first-order valence-electron chi connectivity index (χ1n) is 23.3. The lowest BCUT2D eigenvalue weighted by Crippen LogP contribution is -2.42. The van der Waals surface area contributed by atoms with Gasteiger partial charge in [0.05, 0.1) is 18.2 Å². The second-order valence-corrected chi connectivity index (χ2v) is 32.8. The van der Waals surface area contributed by atoms with Gasteiger partial charge in [0, 0.05) is 30.8 Å².